The first-order chi connectivity index (χ1) is 14.6. The van der Waals surface area contributed by atoms with E-state index in [0.717, 1.165) is 42.7 Å². The molecule has 1 heterocycles. The molecule has 1 N–H and O–H groups in total. The van der Waals surface area contributed by atoms with Gasteiger partial charge in [-0.2, -0.15) is 0 Å². The predicted octanol–water partition coefficient (Wildman–Crippen LogP) is 3.57. The van der Waals surface area contributed by atoms with Gasteiger partial charge < -0.3 is 15.0 Å². The van der Waals surface area contributed by atoms with Crippen molar-refractivity contribution in [2.45, 2.75) is 6.04 Å². The number of methoxy groups -OCH3 is 1. The van der Waals surface area contributed by atoms with Crippen molar-refractivity contribution in [1.82, 2.24) is 15.1 Å². The van der Waals surface area contributed by atoms with Crippen LogP contribution < -0.4 is 10.1 Å². The number of nitrogens with zero attached hydrogens (tertiary/aromatic N) is 2. The van der Waals surface area contributed by atoms with Crippen LogP contribution in [0, 0.1) is 0 Å². The van der Waals surface area contributed by atoms with Crippen LogP contribution in [0.15, 0.2) is 66.7 Å². The van der Waals surface area contributed by atoms with Gasteiger partial charge in [0.1, 0.15) is 5.75 Å². The standard InChI is InChI=1S/C25H29N3O2/c1-27-13-15-28(16-14-27)24(20-9-11-23(30-2)12-10-20)18-26-25(29)22-8-7-19-5-3-4-6-21(19)17-22/h3-12,17,24H,13-16,18H2,1-2H3,(H,26,29)/t24-/m1/s1. The van der Waals surface area contributed by atoms with Gasteiger partial charge in [0.05, 0.1) is 13.2 Å². The highest BCUT2D eigenvalue weighted by Crippen LogP contribution is 2.24. The summed E-state index contributed by atoms with van der Waals surface area (Å²) in [4.78, 5) is 17.7. The van der Waals surface area contributed by atoms with Crippen molar-refractivity contribution in [2.75, 3.05) is 46.9 Å². The lowest BCUT2D eigenvalue weighted by Crippen LogP contribution is -2.48. The maximum Gasteiger partial charge on any atom is 0.251 e. The number of hydrogen-bond donors (Lipinski definition) is 1. The quantitative estimate of drug-likeness (QED) is 0.684. The summed E-state index contributed by atoms with van der Waals surface area (Å²) >= 11 is 0. The topological polar surface area (TPSA) is 44.8 Å². The molecule has 0 aliphatic carbocycles. The number of rotatable bonds is 6. The Bertz CT molecular complexity index is 995. The fraction of sp³-hybridized carbons (Fsp3) is 0.320. The monoisotopic (exact) mass is 403 g/mol. The molecule has 0 unspecified atom stereocenters. The minimum absolute atomic E-state index is 0.0339. The summed E-state index contributed by atoms with van der Waals surface area (Å²) in [5.74, 6) is 0.810. The first kappa shape index (κ1) is 20.4. The molecule has 3 aromatic carbocycles. The van der Waals surface area contributed by atoms with E-state index in [2.05, 4.69) is 40.4 Å². The molecule has 5 heteroatoms. The summed E-state index contributed by atoms with van der Waals surface area (Å²) in [5.41, 5.74) is 1.89. The molecule has 30 heavy (non-hydrogen) atoms. The van der Waals surface area contributed by atoms with E-state index in [1.807, 2.05) is 48.5 Å². The zero-order valence-corrected chi connectivity index (χ0v) is 17.7. The Balaban J connectivity index is 1.50. The van der Waals surface area contributed by atoms with Crippen LogP contribution >= 0.6 is 0 Å². The SMILES string of the molecule is COc1ccc([C@@H](CNC(=O)c2ccc3ccccc3c2)N2CCN(C)CC2)cc1. The van der Waals surface area contributed by atoms with Gasteiger partial charge in [-0.3, -0.25) is 9.69 Å². The number of carbonyl (C=O) groups excluding carboxylic acids is 1. The summed E-state index contributed by atoms with van der Waals surface area (Å²) in [7, 11) is 3.83. The number of benzene rings is 3. The van der Waals surface area contributed by atoms with Crippen molar-refractivity contribution in [1.29, 1.82) is 0 Å². The molecule has 0 spiro atoms. The molecule has 1 aliphatic rings. The zero-order chi connectivity index (χ0) is 20.9. The van der Waals surface area contributed by atoms with E-state index in [0.29, 0.717) is 12.1 Å². The maximum atomic E-state index is 12.9. The normalized spacial score (nSPS) is 16.3. The van der Waals surface area contributed by atoms with Crippen LogP contribution in [0.25, 0.3) is 10.8 Å². The maximum absolute atomic E-state index is 12.9. The molecule has 1 atom stereocenters. The summed E-state index contributed by atoms with van der Waals surface area (Å²) in [5, 5.41) is 5.39. The molecule has 4 rings (SSSR count). The summed E-state index contributed by atoms with van der Waals surface area (Å²) in [6.07, 6.45) is 0. The Kier molecular flexibility index (Phi) is 6.31. The van der Waals surface area contributed by atoms with E-state index in [-0.39, 0.29) is 11.9 Å². The number of amides is 1. The third kappa shape index (κ3) is 4.64. The van der Waals surface area contributed by atoms with Gasteiger partial charge in [-0.15, -0.1) is 0 Å². The van der Waals surface area contributed by atoms with Gasteiger partial charge in [-0.25, -0.2) is 0 Å². The predicted molar refractivity (Wildman–Crippen MR) is 121 cm³/mol. The second kappa shape index (κ2) is 9.28. The van der Waals surface area contributed by atoms with Crippen LogP contribution in [0.2, 0.25) is 0 Å². The number of fused-ring (bicyclic) bond motifs is 1. The van der Waals surface area contributed by atoms with Crippen molar-refractivity contribution < 1.29 is 9.53 Å². The Morgan fingerprint density at radius 3 is 2.37 bits per heavy atom. The Labute approximate surface area is 178 Å². The average Bonchev–Trinajstić information content (AvgIpc) is 2.80. The molecule has 3 aromatic rings. The van der Waals surface area contributed by atoms with Gasteiger partial charge in [-0.1, -0.05) is 42.5 Å². The van der Waals surface area contributed by atoms with Crippen molar-refractivity contribution in [3.8, 4) is 5.75 Å². The number of likely N-dealkylation sites (N-methyl/N-ethyl adjacent to an activating group) is 1. The summed E-state index contributed by atoms with van der Waals surface area (Å²) in [6, 6.07) is 22.3. The third-order valence-corrected chi connectivity index (χ3v) is 5.95. The van der Waals surface area contributed by atoms with Gasteiger partial charge in [0.2, 0.25) is 0 Å². The van der Waals surface area contributed by atoms with E-state index in [1.54, 1.807) is 7.11 Å². The van der Waals surface area contributed by atoms with Gasteiger partial charge in [-0.05, 0) is 47.6 Å². The fourth-order valence-corrected chi connectivity index (χ4v) is 4.04. The first-order valence-electron chi connectivity index (χ1n) is 10.5. The lowest BCUT2D eigenvalue weighted by molar-refractivity contribution is 0.0886. The molecule has 0 aromatic heterocycles. The van der Waals surface area contributed by atoms with Crippen LogP contribution in [-0.2, 0) is 0 Å². The van der Waals surface area contributed by atoms with E-state index < -0.39 is 0 Å². The summed E-state index contributed by atoms with van der Waals surface area (Å²) in [6.45, 7) is 4.61. The minimum Gasteiger partial charge on any atom is -0.497 e. The molecule has 0 bridgehead atoms. The molecule has 1 saturated heterocycles. The van der Waals surface area contributed by atoms with Crippen LogP contribution in [0.5, 0.6) is 5.75 Å². The molecule has 0 saturated carbocycles. The average molecular weight is 404 g/mol. The van der Waals surface area contributed by atoms with Gasteiger partial charge in [0, 0.05) is 38.3 Å². The molecule has 5 nitrogen and oxygen atoms in total. The Hall–Kier alpha value is -2.89. The zero-order valence-electron chi connectivity index (χ0n) is 17.7. The largest absolute Gasteiger partial charge is 0.497 e. The number of nitrogens with one attached hydrogen (secondary N) is 1. The smallest absolute Gasteiger partial charge is 0.251 e. The lowest BCUT2D eigenvalue weighted by atomic mass is 10.0. The first-order valence-corrected chi connectivity index (χ1v) is 10.5. The van der Waals surface area contributed by atoms with Crippen molar-refractivity contribution >= 4 is 16.7 Å². The van der Waals surface area contributed by atoms with Gasteiger partial charge in [0.25, 0.3) is 5.91 Å². The van der Waals surface area contributed by atoms with Crippen LogP contribution in [-0.4, -0.2) is 62.6 Å². The second-order valence-electron chi connectivity index (χ2n) is 7.90. The van der Waals surface area contributed by atoms with E-state index in [4.69, 9.17) is 4.74 Å². The van der Waals surface area contributed by atoms with Crippen molar-refractivity contribution in [3.63, 3.8) is 0 Å². The van der Waals surface area contributed by atoms with E-state index in [9.17, 15) is 4.79 Å². The number of ether oxygens (including phenoxy) is 1. The van der Waals surface area contributed by atoms with Crippen molar-refractivity contribution in [3.05, 3.63) is 77.9 Å². The minimum atomic E-state index is -0.0339. The molecule has 1 fully saturated rings. The Morgan fingerprint density at radius 1 is 0.967 bits per heavy atom. The number of hydrogen-bond acceptors (Lipinski definition) is 4. The highest BCUT2D eigenvalue weighted by molar-refractivity contribution is 5.98. The fourth-order valence-electron chi connectivity index (χ4n) is 4.04. The number of carbonyl (C=O) groups is 1. The number of piperazine rings is 1. The Morgan fingerprint density at radius 2 is 1.67 bits per heavy atom. The highest BCUT2D eigenvalue weighted by atomic mass is 16.5. The molecule has 0 radical (unpaired) electrons. The second-order valence-corrected chi connectivity index (χ2v) is 7.90. The van der Waals surface area contributed by atoms with Crippen LogP contribution in [0.1, 0.15) is 22.0 Å². The third-order valence-electron chi connectivity index (χ3n) is 5.95. The lowest BCUT2D eigenvalue weighted by Gasteiger charge is -2.38. The van der Waals surface area contributed by atoms with Crippen molar-refractivity contribution in [2.24, 2.45) is 0 Å². The molecule has 1 amide bonds. The molecular formula is C25H29N3O2. The van der Waals surface area contributed by atoms with Gasteiger partial charge >= 0.3 is 0 Å². The molecular weight excluding hydrogens is 374 g/mol. The van der Waals surface area contributed by atoms with E-state index in [1.165, 1.54) is 5.56 Å². The van der Waals surface area contributed by atoms with E-state index >= 15 is 0 Å². The van der Waals surface area contributed by atoms with Crippen LogP contribution in [0.3, 0.4) is 0 Å². The van der Waals surface area contributed by atoms with Crippen LogP contribution in [0.4, 0.5) is 0 Å². The molecule has 156 valence electrons. The molecule has 1 aliphatic heterocycles. The van der Waals surface area contributed by atoms with Gasteiger partial charge in [0.15, 0.2) is 0 Å². The summed E-state index contributed by atoms with van der Waals surface area (Å²) < 4.78 is 5.31. The highest BCUT2D eigenvalue weighted by Gasteiger charge is 2.24.